The quantitative estimate of drug-likeness (QED) is 0.510. The standard InChI is InChI=1S/C22H27FN4O/c1-3-25-20(28)17-8-6-7-16(13-17)14-26-21(24-2)27-15-22(11-12-22)18-9-4-5-10-19(18)23/h4-10,13H,3,11-12,14-15H2,1-2H3,(H,25,28)(H2,24,26,27). The van der Waals surface area contributed by atoms with E-state index in [1.807, 2.05) is 37.3 Å². The summed E-state index contributed by atoms with van der Waals surface area (Å²) in [7, 11) is 1.71. The molecule has 3 rings (SSSR count). The number of aliphatic imine (C=N–C) groups is 1. The first kappa shape index (κ1) is 19.9. The second kappa shape index (κ2) is 8.87. The summed E-state index contributed by atoms with van der Waals surface area (Å²) < 4.78 is 14.2. The lowest BCUT2D eigenvalue weighted by Gasteiger charge is -2.19. The molecule has 1 fully saturated rings. The highest BCUT2D eigenvalue weighted by Crippen LogP contribution is 2.48. The van der Waals surface area contributed by atoms with Gasteiger partial charge < -0.3 is 16.0 Å². The van der Waals surface area contributed by atoms with Crippen molar-refractivity contribution in [3.05, 3.63) is 71.0 Å². The lowest BCUT2D eigenvalue weighted by Crippen LogP contribution is -2.41. The van der Waals surface area contributed by atoms with Crippen molar-refractivity contribution < 1.29 is 9.18 Å². The van der Waals surface area contributed by atoms with E-state index in [2.05, 4.69) is 20.9 Å². The number of carbonyl (C=O) groups is 1. The fraction of sp³-hybridized carbons (Fsp3) is 0.364. The molecule has 0 unspecified atom stereocenters. The fourth-order valence-electron chi connectivity index (χ4n) is 3.33. The van der Waals surface area contributed by atoms with Gasteiger partial charge in [0.25, 0.3) is 5.91 Å². The largest absolute Gasteiger partial charge is 0.356 e. The van der Waals surface area contributed by atoms with Crippen molar-refractivity contribution in [2.75, 3.05) is 20.1 Å². The van der Waals surface area contributed by atoms with Crippen LogP contribution in [-0.4, -0.2) is 32.0 Å². The number of rotatable bonds is 7. The smallest absolute Gasteiger partial charge is 0.251 e. The van der Waals surface area contributed by atoms with E-state index >= 15 is 0 Å². The van der Waals surface area contributed by atoms with Gasteiger partial charge in [0, 0.05) is 37.7 Å². The van der Waals surface area contributed by atoms with Crippen molar-refractivity contribution in [3.8, 4) is 0 Å². The van der Waals surface area contributed by atoms with Crippen LogP contribution in [0.15, 0.2) is 53.5 Å². The van der Waals surface area contributed by atoms with E-state index < -0.39 is 0 Å². The molecule has 1 aliphatic carbocycles. The van der Waals surface area contributed by atoms with Crippen LogP contribution in [-0.2, 0) is 12.0 Å². The summed E-state index contributed by atoms with van der Waals surface area (Å²) in [4.78, 5) is 16.2. The van der Waals surface area contributed by atoms with Crippen LogP contribution < -0.4 is 16.0 Å². The Hall–Kier alpha value is -2.89. The Morgan fingerprint density at radius 1 is 1.11 bits per heavy atom. The third kappa shape index (κ3) is 4.68. The molecule has 3 N–H and O–H groups in total. The van der Waals surface area contributed by atoms with Gasteiger partial charge in [-0.3, -0.25) is 9.79 Å². The van der Waals surface area contributed by atoms with Gasteiger partial charge >= 0.3 is 0 Å². The van der Waals surface area contributed by atoms with Gasteiger partial charge in [0.2, 0.25) is 0 Å². The monoisotopic (exact) mass is 382 g/mol. The molecule has 0 heterocycles. The van der Waals surface area contributed by atoms with Crippen LogP contribution in [0.2, 0.25) is 0 Å². The van der Waals surface area contributed by atoms with Gasteiger partial charge in [0.15, 0.2) is 5.96 Å². The zero-order valence-corrected chi connectivity index (χ0v) is 16.4. The summed E-state index contributed by atoms with van der Waals surface area (Å²) in [6.45, 7) is 3.67. The molecule has 148 valence electrons. The van der Waals surface area contributed by atoms with Crippen LogP contribution in [0.25, 0.3) is 0 Å². The molecule has 28 heavy (non-hydrogen) atoms. The SMILES string of the molecule is CCNC(=O)c1cccc(CNC(=NC)NCC2(c3ccccc3F)CC2)c1. The number of guanidine groups is 1. The van der Waals surface area contributed by atoms with Gasteiger partial charge in [-0.2, -0.15) is 0 Å². The van der Waals surface area contributed by atoms with Crippen LogP contribution in [0, 0.1) is 5.82 Å². The number of hydrogen-bond donors (Lipinski definition) is 3. The Kier molecular flexibility index (Phi) is 6.29. The number of benzene rings is 2. The molecular weight excluding hydrogens is 355 g/mol. The fourth-order valence-corrected chi connectivity index (χ4v) is 3.33. The molecule has 1 aliphatic rings. The third-order valence-electron chi connectivity index (χ3n) is 5.10. The maximum absolute atomic E-state index is 14.2. The first-order chi connectivity index (χ1) is 13.6. The molecule has 2 aromatic carbocycles. The lowest BCUT2D eigenvalue weighted by molar-refractivity contribution is 0.0955. The number of nitrogens with one attached hydrogen (secondary N) is 3. The molecular formula is C22H27FN4O. The topological polar surface area (TPSA) is 65.5 Å². The van der Waals surface area contributed by atoms with Crippen LogP contribution >= 0.6 is 0 Å². The van der Waals surface area contributed by atoms with Crippen molar-refractivity contribution in [3.63, 3.8) is 0 Å². The Morgan fingerprint density at radius 3 is 2.57 bits per heavy atom. The molecule has 2 aromatic rings. The number of hydrogen-bond acceptors (Lipinski definition) is 2. The number of nitrogens with zero attached hydrogens (tertiary/aromatic N) is 1. The van der Waals surface area contributed by atoms with Crippen LogP contribution in [0.1, 0.15) is 41.3 Å². The van der Waals surface area contributed by atoms with Crippen molar-refractivity contribution in [1.29, 1.82) is 0 Å². The highest BCUT2D eigenvalue weighted by molar-refractivity contribution is 5.94. The Balaban J connectivity index is 1.57. The summed E-state index contributed by atoms with van der Waals surface area (Å²) in [5.41, 5.74) is 2.25. The van der Waals surface area contributed by atoms with E-state index in [1.54, 1.807) is 19.2 Å². The molecule has 0 bridgehead atoms. The summed E-state index contributed by atoms with van der Waals surface area (Å²) >= 11 is 0. The summed E-state index contributed by atoms with van der Waals surface area (Å²) in [5, 5.41) is 9.39. The summed E-state index contributed by atoms with van der Waals surface area (Å²) in [5.74, 6) is 0.436. The minimum Gasteiger partial charge on any atom is -0.356 e. The van der Waals surface area contributed by atoms with Crippen LogP contribution in [0.5, 0.6) is 0 Å². The molecule has 6 heteroatoms. The highest BCUT2D eigenvalue weighted by atomic mass is 19.1. The second-order valence-electron chi connectivity index (χ2n) is 7.10. The maximum atomic E-state index is 14.2. The summed E-state index contributed by atoms with van der Waals surface area (Å²) in [6, 6.07) is 14.5. The van der Waals surface area contributed by atoms with Gasteiger partial charge in [-0.1, -0.05) is 30.3 Å². The number of amides is 1. The molecule has 5 nitrogen and oxygen atoms in total. The van der Waals surface area contributed by atoms with Crippen molar-refractivity contribution >= 4 is 11.9 Å². The highest BCUT2D eigenvalue weighted by Gasteiger charge is 2.45. The Labute approximate surface area is 165 Å². The maximum Gasteiger partial charge on any atom is 0.251 e. The molecule has 0 spiro atoms. The normalized spacial score (nSPS) is 15.0. The van der Waals surface area contributed by atoms with Crippen molar-refractivity contribution in [2.45, 2.75) is 31.7 Å². The predicted octanol–water partition coefficient (Wildman–Crippen LogP) is 2.97. The van der Waals surface area contributed by atoms with Crippen molar-refractivity contribution in [1.82, 2.24) is 16.0 Å². The van der Waals surface area contributed by atoms with E-state index in [9.17, 15) is 9.18 Å². The molecule has 0 aliphatic heterocycles. The number of carbonyl (C=O) groups excluding carboxylic acids is 1. The van der Waals surface area contributed by atoms with Gasteiger partial charge in [-0.25, -0.2) is 4.39 Å². The lowest BCUT2D eigenvalue weighted by atomic mass is 9.95. The molecule has 0 atom stereocenters. The molecule has 1 saturated carbocycles. The molecule has 0 aromatic heterocycles. The minimum absolute atomic E-state index is 0.0765. The minimum atomic E-state index is -0.152. The van der Waals surface area contributed by atoms with Gasteiger partial charge in [-0.15, -0.1) is 0 Å². The number of halogens is 1. The third-order valence-corrected chi connectivity index (χ3v) is 5.10. The first-order valence-corrected chi connectivity index (χ1v) is 9.64. The van der Waals surface area contributed by atoms with Gasteiger partial charge in [0.1, 0.15) is 5.82 Å². The van der Waals surface area contributed by atoms with E-state index in [0.29, 0.717) is 31.2 Å². The van der Waals surface area contributed by atoms with Gasteiger partial charge in [-0.05, 0) is 49.1 Å². The molecule has 1 amide bonds. The average Bonchev–Trinajstić information content (AvgIpc) is 3.50. The average molecular weight is 382 g/mol. The zero-order valence-electron chi connectivity index (χ0n) is 16.4. The van der Waals surface area contributed by atoms with Crippen LogP contribution in [0.4, 0.5) is 4.39 Å². The molecule has 0 radical (unpaired) electrons. The molecule has 0 saturated heterocycles. The first-order valence-electron chi connectivity index (χ1n) is 9.64. The van der Waals surface area contributed by atoms with E-state index in [4.69, 9.17) is 0 Å². The van der Waals surface area contributed by atoms with Crippen LogP contribution in [0.3, 0.4) is 0 Å². The van der Waals surface area contributed by atoms with E-state index in [0.717, 1.165) is 24.0 Å². The zero-order chi connectivity index (χ0) is 20.0. The Morgan fingerprint density at radius 2 is 1.89 bits per heavy atom. The Bertz CT molecular complexity index is 861. The van der Waals surface area contributed by atoms with E-state index in [-0.39, 0.29) is 17.1 Å². The van der Waals surface area contributed by atoms with E-state index in [1.165, 1.54) is 6.07 Å². The predicted molar refractivity (Wildman–Crippen MR) is 110 cm³/mol. The second-order valence-corrected chi connectivity index (χ2v) is 7.10. The van der Waals surface area contributed by atoms with Gasteiger partial charge in [0.05, 0.1) is 0 Å². The van der Waals surface area contributed by atoms with Crippen molar-refractivity contribution in [2.24, 2.45) is 4.99 Å². The summed E-state index contributed by atoms with van der Waals surface area (Å²) in [6.07, 6.45) is 1.93.